The number of nitrogens with one attached hydrogen (secondary N) is 1. The van der Waals surface area contributed by atoms with Crippen LogP contribution in [0.2, 0.25) is 0 Å². The van der Waals surface area contributed by atoms with Gasteiger partial charge >= 0.3 is 0 Å². The molecule has 0 saturated carbocycles. The minimum absolute atomic E-state index is 0.980. The van der Waals surface area contributed by atoms with Gasteiger partial charge in [0, 0.05) is 40.8 Å². The lowest BCUT2D eigenvalue weighted by atomic mass is 9.90. The van der Waals surface area contributed by atoms with Gasteiger partial charge < -0.3 is 5.32 Å². The van der Waals surface area contributed by atoms with Crippen LogP contribution in [0.3, 0.4) is 0 Å². The Kier molecular flexibility index (Phi) is 6.89. The first-order chi connectivity index (χ1) is 14.5. The van der Waals surface area contributed by atoms with Gasteiger partial charge in [-0.3, -0.25) is 4.98 Å². The third kappa shape index (κ3) is 4.54. The molecule has 2 nitrogen and oxygen atoms in total. The average Bonchev–Trinajstić information content (AvgIpc) is 2.91. The lowest BCUT2D eigenvalue weighted by molar-refractivity contribution is 0.783. The average molecular weight is 397 g/mol. The van der Waals surface area contributed by atoms with Crippen molar-refractivity contribution in [1.29, 1.82) is 0 Å². The van der Waals surface area contributed by atoms with E-state index in [0.717, 1.165) is 36.3 Å². The fraction of sp³-hybridized carbons (Fsp3) is 0.250. The zero-order chi connectivity index (χ0) is 21.7. The fourth-order valence-electron chi connectivity index (χ4n) is 4.02. The molecule has 2 aromatic rings. The first kappa shape index (κ1) is 21.6. The Morgan fingerprint density at radius 3 is 2.67 bits per heavy atom. The number of aryl methyl sites for hydroxylation is 2. The zero-order valence-electron chi connectivity index (χ0n) is 18.7. The minimum atomic E-state index is 0.980. The molecule has 0 bridgehead atoms. The third-order valence-electron chi connectivity index (χ3n) is 5.62. The van der Waals surface area contributed by atoms with Crippen molar-refractivity contribution in [2.24, 2.45) is 0 Å². The van der Waals surface area contributed by atoms with Gasteiger partial charge in [0.25, 0.3) is 0 Å². The monoisotopic (exact) mass is 396 g/mol. The first-order valence-corrected chi connectivity index (χ1v) is 10.6. The zero-order valence-corrected chi connectivity index (χ0v) is 18.7. The van der Waals surface area contributed by atoms with Gasteiger partial charge in [0.1, 0.15) is 0 Å². The third-order valence-corrected chi connectivity index (χ3v) is 5.62. The molecule has 30 heavy (non-hydrogen) atoms. The molecule has 0 amide bonds. The highest BCUT2D eigenvalue weighted by atomic mass is 14.9. The van der Waals surface area contributed by atoms with Crippen molar-refractivity contribution in [3.05, 3.63) is 107 Å². The van der Waals surface area contributed by atoms with Crippen molar-refractivity contribution >= 4 is 16.8 Å². The first-order valence-electron chi connectivity index (χ1n) is 10.6. The number of hydrogen-bond acceptors (Lipinski definition) is 2. The molecule has 1 aromatic heterocycles. The van der Waals surface area contributed by atoms with E-state index in [2.05, 4.69) is 82.6 Å². The Morgan fingerprint density at radius 2 is 1.97 bits per heavy atom. The van der Waals surface area contributed by atoms with Crippen LogP contribution in [0, 0.1) is 6.92 Å². The summed E-state index contributed by atoms with van der Waals surface area (Å²) in [4.78, 5) is 4.74. The van der Waals surface area contributed by atoms with Gasteiger partial charge in [0.2, 0.25) is 0 Å². The normalized spacial score (nSPS) is 14.1. The molecule has 2 heterocycles. The van der Waals surface area contributed by atoms with Crippen LogP contribution in [0.4, 0.5) is 0 Å². The molecule has 0 aliphatic carbocycles. The minimum Gasteiger partial charge on any atom is -0.385 e. The Morgan fingerprint density at radius 1 is 1.17 bits per heavy atom. The topological polar surface area (TPSA) is 24.9 Å². The smallest absolute Gasteiger partial charge is 0.0451 e. The summed E-state index contributed by atoms with van der Waals surface area (Å²) < 4.78 is 0. The summed E-state index contributed by atoms with van der Waals surface area (Å²) in [6.45, 7) is 17.4. The molecule has 0 spiro atoms. The molecule has 0 atom stereocenters. The number of rotatable bonds is 5. The fourth-order valence-corrected chi connectivity index (χ4v) is 4.02. The van der Waals surface area contributed by atoms with Crippen molar-refractivity contribution in [1.82, 2.24) is 10.3 Å². The van der Waals surface area contributed by atoms with Crippen molar-refractivity contribution in [3.63, 3.8) is 0 Å². The molecular weight excluding hydrogens is 364 g/mol. The standard InChI is InChI=1S/C28H32N2/c1-7-9-12-26(19(3)4)24-17-28(21(6)30-18-24)25(8-2)23-13-14-27-20(5)29-15-10-11-22(27)16-23/h7-9,12-14,16-18,29H,1,5,10-11,15H2,2-4,6H3/b12-9-,25-8-. The predicted octanol–water partition coefficient (Wildman–Crippen LogP) is 6.88. The van der Waals surface area contributed by atoms with Crippen molar-refractivity contribution in [2.75, 3.05) is 6.54 Å². The van der Waals surface area contributed by atoms with Gasteiger partial charge in [-0.25, -0.2) is 0 Å². The van der Waals surface area contributed by atoms with Crippen molar-refractivity contribution in [3.8, 4) is 0 Å². The highest BCUT2D eigenvalue weighted by Gasteiger charge is 2.15. The van der Waals surface area contributed by atoms with Gasteiger partial charge in [0.05, 0.1) is 0 Å². The molecule has 0 fully saturated rings. The second kappa shape index (κ2) is 9.58. The SMILES string of the molecule is C=C/C=C\C(=C(C)C)c1cnc(C)c(/C(=C\C)c2ccc3c(c2)CCCNC3=C)c1. The molecule has 1 aliphatic heterocycles. The van der Waals surface area contributed by atoms with Gasteiger partial charge in [0.15, 0.2) is 0 Å². The van der Waals surface area contributed by atoms with Gasteiger partial charge in [-0.05, 0) is 68.9 Å². The van der Waals surface area contributed by atoms with E-state index in [1.807, 2.05) is 12.3 Å². The van der Waals surface area contributed by atoms with E-state index in [9.17, 15) is 0 Å². The van der Waals surface area contributed by atoms with E-state index >= 15 is 0 Å². The summed E-state index contributed by atoms with van der Waals surface area (Å²) in [5.41, 5.74) is 11.8. The maximum absolute atomic E-state index is 4.74. The van der Waals surface area contributed by atoms with Gasteiger partial charge in [-0.15, -0.1) is 0 Å². The number of pyridine rings is 1. The predicted molar refractivity (Wildman–Crippen MR) is 131 cm³/mol. The Balaban J connectivity index is 2.09. The van der Waals surface area contributed by atoms with Crippen LogP contribution in [-0.2, 0) is 6.42 Å². The Hall–Kier alpha value is -3.13. The maximum atomic E-state index is 4.74. The number of fused-ring (bicyclic) bond motifs is 1. The van der Waals surface area contributed by atoms with Crippen LogP contribution >= 0.6 is 0 Å². The van der Waals surface area contributed by atoms with Crippen LogP contribution in [-0.4, -0.2) is 11.5 Å². The molecular formula is C28H32N2. The molecule has 0 radical (unpaired) electrons. The molecule has 2 heteroatoms. The van der Waals surface area contributed by atoms with E-state index in [-0.39, 0.29) is 0 Å². The van der Waals surface area contributed by atoms with Crippen LogP contribution in [0.5, 0.6) is 0 Å². The van der Waals surface area contributed by atoms with Crippen LogP contribution in [0.15, 0.2) is 73.5 Å². The van der Waals surface area contributed by atoms with Crippen molar-refractivity contribution < 1.29 is 0 Å². The van der Waals surface area contributed by atoms with Crippen LogP contribution < -0.4 is 5.32 Å². The van der Waals surface area contributed by atoms with E-state index in [1.165, 1.54) is 39.0 Å². The molecule has 1 N–H and O–H groups in total. The summed E-state index contributed by atoms with van der Waals surface area (Å²) in [6.07, 6.45) is 12.2. The van der Waals surface area contributed by atoms with Crippen LogP contribution in [0.1, 0.15) is 60.7 Å². The van der Waals surface area contributed by atoms with E-state index in [0.29, 0.717) is 0 Å². The second-order valence-corrected chi connectivity index (χ2v) is 7.95. The Labute approximate surface area is 181 Å². The highest BCUT2D eigenvalue weighted by Crippen LogP contribution is 2.32. The van der Waals surface area contributed by atoms with Gasteiger partial charge in [-0.1, -0.05) is 61.2 Å². The number of nitrogens with zero attached hydrogens (tertiary/aromatic N) is 1. The lowest BCUT2D eigenvalue weighted by Gasteiger charge is -2.16. The summed E-state index contributed by atoms with van der Waals surface area (Å²) >= 11 is 0. The molecule has 1 aliphatic rings. The maximum Gasteiger partial charge on any atom is 0.0451 e. The summed E-state index contributed by atoms with van der Waals surface area (Å²) in [6, 6.07) is 9.00. The second-order valence-electron chi connectivity index (χ2n) is 7.95. The summed E-state index contributed by atoms with van der Waals surface area (Å²) in [7, 11) is 0. The molecule has 0 saturated heterocycles. The number of benzene rings is 1. The van der Waals surface area contributed by atoms with Crippen molar-refractivity contribution in [2.45, 2.75) is 40.5 Å². The lowest BCUT2D eigenvalue weighted by Crippen LogP contribution is -2.10. The number of aromatic nitrogens is 1. The largest absolute Gasteiger partial charge is 0.385 e. The number of allylic oxidation sites excluding steroid dienone is 6. The quantitative estimate of drug-likeness (QED) is 0.557. The Bertz CT molecular complexity index is 1060. The molecule has 0 unspecified atom stereocenters. The molecule has 1 aromatic carbocycles. The van der Waals surface area contributed by atoms with Crippen LogP contribution in [0.25, 0.3) is 16.8 Å². The van der Waals surface area contributed by atoms with E-state index < -0.39 is 0 Å². The van der Waals surface area contributed by atoms with Gasteiger partial charge in [-0.2, -0.15) is 0 Å². The molecule has 3 rings (SSSR count). The summed E-state index contributed by atoms with van der Waals surface area (Å²) in [5, 5.41) is 3.41. The van der Waals surface area contributed by atoms with E-state index in [1.54, 1.807) is 6.08 Å². The highest BCUT2D eigenvalue weighted by molar-refractivity contribution is 5.85. The van der Waals surface area contributed by atoms with E-state index in [4.69, 9.17) is 4.98 Å². The molecule has 154 valence electrons. The number of hydrogen-bond donors (Lipinski definition) is 1. The summed E-state index contributed by atoms with van der Waals surface area (Å²) in [5.74, 6) is 0.